The smallest absolute Gasteiger partial charge is 0.253 e. The number of hydrogen-bond acceptors (Lipinski definition) is 8. The SMILES string of the molecule is C[N+](C)(C)CCNc1c(NCc2cccc(CNc3c(NCC[N+](C)(C)C)c(=O)c3=O)c2)c(=O)c1=O. The summed E-state index contributed by atoms with van der Waals surface area (Å²) in [6.45, 7) is 3.55. The van der Waals surface area contributed by atoms with Crippen molar-refractivity contribution < 1.29 is 8.97 Å². The summed E-state index contributed by atoms with van der Waals surface area (Å²) in [5.74, 6) is 0. The lowest BCUT2D eigenvalue weighted by Gasteiger charge is -2.24. The number of rotatable bonds is 14. The van der Waals surface area contributed by atoms with Gasteiger partial charge in [-0.15, -0.1) is 0 Å². The van der Waals surface area contributed by atoms with Crippen molar-refractivity contribution in [3.63, 3.8) is 0 Å². The molecule has 0 unspecified atom stereocenters. The molecule has 3 aromatic carbocycles. The van der Waals surface area contributed by atoms with Gasteiger partial charge >= 0.3 is 0 Å². The Hall–Kier alpha value is -3.50. The second kappa shape index (κ2) is 10.6. The van der Waals surface area contributed by atoms with Crippen LogP contribution in [-0.2, 0) is 13.1 Å². The highest BCUT2D eigenvalue weighted by Crippen LogP contribution is 2.18. The third-order valence-corrected chi connectivity index (χ3v) is 5.92. The largest absolute Gasteiger partial charge is 0.376 e. The second-order valence-corrected chi connectivity index (χ2v) is 11.2. The monoisotopic (exact) mass is 498 g/mol. The summed E-state index contributed by atoms with van der Waals surface area (Å²) < 4.78 is 1.49. The zero-order valence-electron chi connectivity index (χ0n) is 22.1. The van der Waals surface area contributed by atoms with Gasteiger partial charge in [-0.3, -0.25) is 19.2 Å². The number of quaternary nitrogens is 2. The molecule has 0 aliphatic rings. The summed E-state index contributed by atoms with van der Waals surface area (Å²) in [5.41, 5.74) is 1.17. The van der Waals surface area contributed by atoms with Crippen LogP contribution in [0.1, 0.15) is 11.1 Å². The van der Waals surface area contributed by atoms with Gasteiger partial charge in [0.25, 0.3) is 21.7 Å². The summed E-state index contributed by atoms with van der Waals surface area (Å²) >= 11 is 0. The molecule has 0 aliphatic heterocycles. The van der Waals surface area contributed by atoms with Gasteiger partial charge in [-0.2, -0.15) is 0 Å². The van der Waals surface area contributed by atoms with Crippen molar-refractivity contribution in [2.24, 2.45) is 0 Å². The van der Waals surface area contributed by atoms with Gasteiger partial charge in [0, 0.05) is 13.1 Å². The first-order chi connectivity index (χ1) is 16.8. The number of benzene rings is 1. The average Bonchev–Trinajstić information content (AvgIpc) is 2.80. The number of nitrogens with zero attached hydrogens (tertiary/aromatic N) is 2. The normalized spacial score (nSPS) is 12.2. The van der Waals surface area contributed by atoms with Crippen molar-refractivity contribution in [3.05, 3.63) is 76.3 Å². The van der Waals surface area contributed by atoms with E-state index in [1.807, 2.05) is 24.3 Å². The van der Waals surface area contributed by atoms with Crippen LogP contribution in [0.25, 0.3) is 0 Å². The maximum atomic E-state index is 12.1. The van der Waals surface area contributed by atoms with Gasteiger partial charge in [0.15, 0.2) is 0 Å². The Morgan fingerprint density at radius 1 is 0.556 bits per heavy atom. The van der Waals surface area contributed by atoms with Crippen molar-refractivity contribution >= 4 is 22.7 Å². The predicted octanol–water partition coefficient (Wildman–Crippen LogP) is 0.339. The molecule has 10 heteroatoms. The van der Waals surface area contributed by atoms with E-state index in [0.29, 0.717) is 48.9 Å². The van der Waals surface area contributed by atoms with E-state index in [1.54, 1.807) is 0 Å². The zero-order chi connectivity index (χ0) is 26.7. The van der Waals surface area contributed by atoms with Crippen LogP contribution in [0.15, 0.2) is 43.4 Å². The van der Waals surface area contributed by atoms with Crippen LogP contribution in [0.5, 0.6) is 0 Å². The molecule has 0 saturated heterocycles. The Morgan fingerprint density at radius 3 is 1.22 bits per heavy atom. The molecule has 3 aromatic rings. The second-order valence-electron chi connectivity index (χ2n) is 11.2. The van der Waals surface area contributed by atoms with Gasteiger partial charge in [0.05, 0.1) is 68.5 Å². The van der Waals surface area contributed by atoms with Crippen molar-refractivity contribution in [1.82, 2.24) is 0 Å². The van der Waals surface area contributed by atoms with E-state index in [4.69, 9.17) is 0 Å². The van der Waals surface area contributed by atoms with Gasteiger partial charge in [0.1, 0.15) is 22.7 Å². The molecular weight excluding hydrogens is 460 g/mol. The zero-order valence-corrected chi connectivity index (χ0v) is 22.1. The van der Waals surface area contributed by atoms with Crippen molar-refractivity contribution in [2.45, 2.75) is 13.1 Å². The minimum Gasteiger partial charge on any atom is -0.376 e. The highest BCUT2D eigenvalue weighted by atomic mass is 16.2. The Kier molecular flexibility index (Phi) is 8.00. The van der Waals surface area contributed by atoms with Gasteiger partial charge < -0.3 is 30.2 Å². The maximum Gasteiger partial charge on any atom is 0.253 e. The van der Waals surface area contributed by atoms with E-state index in [0.717, 1.165) is 33.2 Å². The van der Waals surface area contributed by atoms with Crippen molar-refractivity contribution in [2.75, 3.05) is 89.7 Å². The first-order valence-electron chi connectivity index (χ1n) is 12.1. The fraction of sp³-hybridized carbons (Fsp3) is 0.462. The summed E-state index contributed by atoms with van der Waals surface area (Å²) in [6.07, 6.45) is 0. The van der Waals surface area contributed by atoms with E-state index in [9.17, 15) is 19.2 Å². The number of nitrogens with one attached hydrogen (secondary N) is 4. The number of likely N-dealkylation sites (N-methyl/N-ethyl adjacent to an activating group) is 2. The minimum absolute atomic E-state index is 0.318. The van der Waals surface area contributed by atoms with Crippen molar-refractivity contribution in [3.8, 4) is 0 Å². The number of hydrogen-bond donors (Lipinski definition) is 4. The van der Waals surface area contributed by atoms with E-state index in [2.05, 4.69) is 63.6 Å². The van der Waals surface area contributed by atoms with Crippen LogP contribution in [-0.4, -0.2) is 77.4 Å². The highest BCUT2D eigenvalue weighted by Gasteiger charge is 2.22. The maximum absolute atomic E-state index is 12.1. The minimum atomic E-state index is -0.508. The van der Waals surface area contributed by atoms with E-state index in [-0.39, 0.29) is 0 Å². The lowest BCUT2D eigenvalue weighted by atomic mass is 10.1. The van der Waals surface area contributed by atoms with Crippen LogP contribution in [0.3, 0.4) is 0 Å². The average molecular weight is 499 g/mol. The Balaban J connectivity index is 1.57. The van der Waals surface area contributed by atoms with Gasteiger partial charge in [-0.25, -0.2) is 0 Å². The predicted molar refractivity (Wildman–Crippen MR) is 147 cm³/mol. The highest BCUT2D eigenvalue weighted by molar-refractivity contribution is 5.74. The Morgan fingerprint density at radius 2 is 0.889 bits per heavy atom. The quantitative estimate of drug-likeness (QED) is 0.186. The first-order valence-corrected chi connectivity index (χ1v) is 12.1. The number of anilines is 4. The molecule has 0 heterocycles. The molecule has 0 atom stereocenters. The standard InChI is InChI=1S/C26H36N6O4/c1-31(2,3)12-10-27-19-21(25(35)23(19)33)29-15-17-8-7-9-18(14-17)16-30-22-20(24(34)26(22)36)28-11-13-32(4,5)6/h7-9,14H,10-13,15-16H2,1-6H3,(H2-2,27,28,29,30,33,34,35,36)/p+2. The Labute approximate surface area is 211 Å². The molecule has 4 N–H and O–H groups in total. The molecule has 0 saturated carbocycles. The van der Waals surface area contributed by atoms with E-state index in [1.165, 1.54) is 0 Å². The van der Waals surface area contributed by atoms with E-state index >= 15 is 0 Å². The Bertz CT molecular complexity index is 1250. The molecule has 0 bridgehead atoms. The molecule has 0 radical (unpaired) electrons. The molecule has 36 heavy (non-hydrogen) atoms. The summed E-state index contributed by atoms with van der Waals surface area (Å²) in [7, 11) is 12.4. The fourth-order valence-electron chi connectivity index (χ4n) is 3.72. The van der Waals surface area contributed by atoms with Gasteiger partial charge in [-0.05, 0) is 11.1 Å². The lowest BCUT2D eigenvalue weighted by Crippen LogP contribution is -2.42. The fourth-order valence-corrected chi connectivity index (χ4v) is 3.72. The molecule has 0 amide bonds. The molecular formula is C26H38N6O4+2. The van der Waals surface area contributed by atoms with Crippen LogP contribution < -0.4 is 43.0 Å². The molecule has 194 valence electrons. The molecule has 3 rings (SSSR count). The van der Waals surface area contributed by atoms with Crippen LogP contribution in [0.4, 0.5) is 22.7 Å². The summed E-state index contributed by atoms with van der Waals surface area (Å²) in [5, 5.41) is 12.3. The summed E-state index contributed by atoms with van der Waals surface area (Å²) in [4.78, 5) is 48.1. The molecule has 0 aliphatic carbocycles. The lowest BCUT2D eigenvalue weighted by molar-refractivity contribution is -0.868. The third-order valence-electron chi connectivity index (χ3n) is 5.92. The third kappa shape index (κ3) is 6.79. The van der Waals surface area contributed by atoms with E-state index < -0.39 is 21.7 Å². The van der Waals surface area contributed by atoms with Crippen molar-refractivity contribution in [1.29, 1.82) is 0 Å². The van der Waals surface area contributed by atoms with Gasteiger partial charge in [-0.1, -0.05) is 24.3 Å². The first kappa shape index (κ1) is 27.1. The molecule has 0 aromatic heterocycles. The van der Waals surface area contributed by atoms with Crippen LogP contribution in [0, 0.1) is 0 Å². The van der Waals surface area contributed by atoms with Gasteiger partial charge in [0.2, 0.25) is 0 Å². The van der Waals surface area contributed by atoms with Crippen LogP contribution in [0.2, 0.25) is 0 Å². The topological polar surface area (TPSA) is 116 Å². The molecule has 0 fully saturated rings. The molecule has 10 nitrogen and oxygen atoms in total. The molecule has 0 spiro atoms. The summed E-state index contributed by atoms with van der Waals surface area (Å²) in [6, 6.07) is 7.67. The van der Waals surface area contributed by atoms with Crippen LogP contribution >= 0.6 is 0 Å².